The van der Waals surface area contributed by atoms with E-state index in [1.165, 1.54) is 89.9 Å². The highest BCUT2D eigenvalue weighted by Crippen LogP contribution is 2.17. The standard InChI is InChI=1S/C54H93NO5/c1-4-7-10-13-16-19-22-24-25-26-27-29-31-34-37-40-43-46-52(57)51(49-56)55-53(58)48-50(45-42-39-36-33-30-21-18-15-12-9-6-3)60-54(59)47-44-41-38-35-32-28-23-20-17-14-11-8-5-2/h8-9,11-12,14-15,17-18,20-21,23,30,33,36,50-52,56-57H,4-7,10,13,16,19,22,24-29,31-32,34-35,37-49H2,1-3H3,(H,55,58)/b11-8+,12-9+,17-14+,18-15+,23-20-,30-21-,36-33-. The molecule has 0 saturated carbocycles. The van der Waals surface area contributed by atoms with Gasteiger partial charge in [0.15, 0.2) is 0 Å². The van der Waals surface area contributed by atoms with Crippen LogP contribution in [0.3, 0.4) is 0 Å². The summed E-state index contributed by atoms with van der Waals surface area (Å²) in [7, 11) is 0. The van der Waals surface area contributed by atoms with E-state index < -0.39 is 18.2 Å². The van der Waals surface area contributed by atoms with Gasteiger partial charge in [-0.25, -0.2) is 0 Å². The van der Waals surface area contributed by atoms with Gasteiger partial charge in [-0.2, -0.15) is 0 Å². The van der Waals surface area contributed by atoms with Crippen LogP contribution in [0, 0.1) is 0 Å². The predicted octanol–water partition coefficient (Wildman–Crippen LogP) is 14.8. The number of carbonyl (C=O) groups is 2. The number of nitrogens with one attached hydrogen (secondary N) is 1. The summed E-state index contributed by atoms with van der Waals surface area (Å²) >= 11 is 0. The Morgan fingerprint density at radius 1 is 0.500 bits per heavy atom. The monoisotopic (exact) mass is 836 g/mol. The Kier molecular flexibility index (Phi) is 44.8. The second-order valence-electron chi connectivity index (χ2n) is 16.6. The van der Waals surface area contributed by atoms with Gasteiger partial charge in [-0.05, 0) is 57.8 Å². The van der Waals surface area contributed by atoms with Crippen molar-refractivity contribution in [1.29, 1.82) is 0 Å². The number of rotatable bonds is 43. The van der Waals surface area contributed by atoms with Gasteiger partial charge in [0.25, 0.3) is 0 Å². The smallest absolute Gasteiger partial charge is 0.306 e. The highest BCUT2D eigenvalue weighted by molar-refractivity contribution is 5.77. The van der Waals surface area contributed by atoms with Gasteiger partial charge in [0.05, 0.1) is 25.2 Å². The molecule has 0 aliphatic carbocycles. The van der Waals surface area contributed by atoms with Crippen LogP contribution in [0.1, 0.15) is 220 Å². The number of ether oxygens (including phenoxy) is 1. The van der Waals surface area contributed by atoms with Crippen molar-refractivity contribution in [2.45, 2.75) is 238 Å². The largest absolute Gasteiger partial charge is 0.462 e. The van der Waals surface area contributed by atoms with Gasteiger partial charge in [-0.3, -0.25) is 9.59 Å². The molecule has 6 heteroatoms. The molecule has 3 N–H and O–H groups in total. The Balaban J connectivity index is 4.58. The van der Waals surface area contributed by atoms with Crippen LogP contribution in [-0.4, -0.2) is 46.9 Å². The Labute approximate surface area is 370 Å². The molecule has 0 aliphatic heterocycles. The SMILES string of the molecule is CC/C=C/C=C/C=C\C=C/CCCC(CC(=O)NC(CO)C(O)CCCCCCCCCCCCCCCCCCC)OC(=O)CCCCCCC\C=C/C=C/C=C/CC. The second-order valence-corrected chi connectivity index (χ2v) is 16.6. The Morgan fingerprint density at radius 2 is 0.917 bits per heavy atom. The lowest BCUT2D eigenvalue weighted by molar-refractivity contribution is -0.151. The van der Waals surface area contributed by atoms with Gasteiger partial charge in [0, 0.05) is 6.42 Å². The van der Waals surface area contributed by atoms with Gasteiger partial charge in [0.1, 0.15) is 6.10 Å². The molecule has 0 bridgehead atoms. The predicted molar refractivity (Wildman–Crippen MR) is 259 cm³/mol. The van der Waals surface area contributed by atoms with Crippen LogP contribution >= 0.6 is 0 Å². The first-order valence-corrected chi connectivity index (χ1v) is 24.9. The van der Waals surface area contributed by atoms with Gasteiger partial charge < -0.3 is 20.3 Å². The molecule has 1 amide bonds. The lowest BCUT2D eigenvalue weighted by Crippen LogP contribution is -2.46. The highest BCUT2D eigenvalue weighted by atomic mass is 16.5. The number of hydrogen-bond donors (Lipinski definition) is 3. The van der Waals surface area contributed by atoms with Crippen molar-refractivity contribution in [3.8, 4) is 0 Å². The van der Waals surface area contributed by atoms with Gasteiger partial charge in [-0.1, -0.05) is 234 Å². The van der Waals surface area contributed by atoms with Crippen LogP contribution in [0.2, 0.25) is 0 Å². The van der Waals surface area contributed by atoms with Crippen molar-refractivity contribution in [3.63, 3.8) is 0 Å². The maximum absolute atomic E-state index is 13.2. The zero-order valence-electron chi connectivity index (χ0n) is 39.1. The molecular weight excluding hydrogens is 743 g/mol. The summed E-state index contributed by atoms with van der Waals surface area (Å²) in [6.45, 7) is 6.18. The zero-order chi connectivity index (χ0) is 43.8. The van der Waals surface area contributed by atoms with E-state index in [0.29, 0.717) is 19.3 Å². The zero-order valence-corrected chi connectivity index (χ0v) is 39.1. The first kappa shape index (κ1) is 57.0. The quantitative estimate of drug-likeness (QED) is 0.0323. The molecule has 344 valence electrons. The van der Waals surface area contributed by atoms with Crippen LogP contribution in [-0.2, 0) is 14.3 Å². The molecule has 0 aromatic carbocycles. The average molecular weight is 836 g/mol. The summed E-state index contributed by atoms with van der Waals surface area (Å²) in [4.78, 5) is 26.0. The van der Waals surface area contributed by atoms with Gasteiger partial charge in [-0.15, -0.1) is 0 Å². The molecule has 0 rings (SSSR count). The van der Waals surface area contributed by atoms with Crippen molar-refractivity contribution in [2.75, 3.05) is 6.61 Å². The number of aliphatic hydroxyl groups is 2. The molecule has 3 unspecified atom stereocenters. The van der Waals surface area contributed by atoms with Crippen molar-refractivity contribution in [1.82, 2.24) is 5.32 Å². The molecule has 0 spiro atoms. The highest BCUT2D eigenvalue weighted by Gasteiger charge is 2.24. The van der Waals surface area contributed by atoms with E-state index in [2.05, 4.69) is 74.7 Å². The third kappa shape index (κ3) is 41.8. The van der Waals surface area contributed by atoms with Gasteiger partial charge in [0.2, 0.25) is 5.91 Å². The summed E-state index contributed by atoms with van der Waals surface area (Å²) in [5.74, 6) is -0.572. The molecule has 0 saturated heterocycles. The maximum atomic E-state index is 13.2. The van der Waals surface area contributed by atoms with Crippen LogP contribution < -0.4 is 5.32 Å². The number of carbonyl (C=O) groups excluding carboxylic acids is 2. The fourth-order valence-electron chi connectivity index (χ4n) is 7.15. The number of esters is 1. The molecule has 0 aliphatic rings. The van der Waals surface area contributed by atoms with E-state index in [9.17, 15) is 19.8 Å². The average Bonchev–Trinajstić information content (AvgIpc) is 3.24. The molecule has 0 radical (unpaired) electrons. The van der Waals surface area contributed by atoms with E-state index in [0.717, 1.165) is 83.5 Å². The Bertz CT molecular complexity index is 1160. The molecule has 3 atom stereocenters. The lowest BCUT2D eigenvalue weighted by Gasteiger charge is -2.24. The first-order valence-electron chi connectivity index (χ1n) is 24.9. The lowest BCUT2D eigenvalue weighted by atomic mass is 10.0. The normalized spacial score (nSPS) is 14.0. The van der Waals surface area contributed by atoms with Crippen LogP contribution in [0.15, 0.2) is 85.1 Å². The maximum Gasteiger partial charge on any atom is 0.306 e. The van der Waals surface area contributed by atoms with Gasteiger partial charge >= 0.3 is 5.97 Å². The van der Waals surface area contributed by atoms with Crippen molar-refractivity contribution >= 4 is 11.9 Å². The molecule has 0 fully saturated rings. The topological polar surface area (TPSA) is 95.9 Å². The fraction of sp³-hybridized carbons (Fsp3) is 0.704. The molecule has 0 aromatic heterocycles. The van der Waals surface area contributed by atoms with E-state index >= 15 is 0 Å². The number of allylic oxidation sites excluding steroid dienone is 14. The van der Waals surface area contributed by atoms with Crippen LogP contribution in [0.5, 0.6) is 0 Å². The third-order valence-electron chi connectivity index (χ3n) is 10.9. The second kappa shape index (κ2) is 47.1. The first-order chi connectivity index (χ1) is 29.5. The number of amides is 1. The van der Waals surface area contributed by atoms with Crippen molar-refractivity contribution < 1.29 is 24.5 Å². The molecule has 6 nitrogen and oxygen atoms in total. The summed E-state index contributed by atoms with van der Waals surface area (Å²) < 4.78 is 5.86. The van der Waals surface area contributed by atoms with Crippen LogP contribution in [0.25, 0.3) is 0 Å². The summed E-state index contributed by atoms with van der Waals surface area (Å²) in [6, 6.07) is -0.731. The van der Waals surface area contributed by atoms with E-state index in [-0.39, 0.29) is 24.9 Å². The summed E-state index contributed by atoms with van der Waals surface area (Å²) in [5.41, 5.74) is 0. The van der Waals surface area contributed by atoms with Crippen molar-refractivity contribution in [3.05, 3.63) is 85.1 Å². The molecular formula is C54H93NO5. The Morgan fingerprint density at radius 3 is 1.40 bits per heavy atom. The number of unbranched alkanes of at least 4 members (excludes halogenated alkanes) is 22. The van der Waals surface area contributed by atoms with E-state index in [1.807, 2.05) is 36.5 Å². The summed E-state index contributed by atoms with van der Waals surface area (Å²) in [5, 5.41) is 23.7. The third-order valence-corrected chi connectivity index (χ3v) is 10.9. The van der Waals surface area contributed by atoms with E-state index in [4.69, 9.17) is 4.74 Å². The fourth-order valence-corrected chi connectivity index (χ4v) is 7.15. The number of aliphatic hydroxyl groups excluding tert-OH is 2. The molecule has 0 heterocycles. The van der Waals surface area contributed by atoms with Crippen LogP contribution in [0.4, 0.5) is 0 Å². The number of hydrogen-bond acceptors (Lipinski definition) is 5. The Hall–Kier alpha value is -2.96. The van der Waals surface area contributed by atoms with E-state index in [1.54, 1.807) is 0 Å². The minimum atomic E-state index is -0.812. The minimum Gasteiger partial charge on any atom is -0.462 e. The summed E-state index contributed by atoms with van der Waals surface area (Å²) in [6.07, 6.45) is 60.8. The van der Waals surface area contributed by atoms with Crippen molar-refractivity contribution in [2.24, 2.45) is 0 Å². The molecule has 0 aromatic rings. The molecule has 60 heavy (non-hydrogen) atoms. The minimum absolute atomic E-state index is 0.0192.